The van der Waals surface area contributed by atoms with Gasteiger partial charge in [-0.3, -0.25) is 15.0 Å². The van der Waals surface area contributed by atoms with Crippen molar-refractivity contribution in [2.45, 2.75) is 58.2 Å². The number of tetrazole rings is 1. The van der Waals surface area contributed by atoms with Gasteiger partial charge in [-0.15, -0.1) is 5.10 Å². The molecule has 0 spiro atoms. The minimum Gasteiger partial charge on any atom is -0.323 e. The molecule has 0 radical (unpaired) electrons. The highest BCUT2D eigenvalue weighted by Crippen LogP contribution is 2.30. The van der Waals surface area contributed by atoms with E-state index in [-0.39, 0.29) is 11.8 Å². The molecule has 24 heavy (non-hydrogen) atoms. The molecule has 0 bridgehead atoms. The standard InChI is InChI=1S/C15H25N7O2/c1-3-4-8-22-12(18-19-20-22)10-21-7-5-6-11(9-21)15(2)13(23)16-14(24)17-15/h11H,3-10H2,1-2H3,(H2,16,17,23,24). The van der Waals surface area contributed by atoms with Gasteiger partial charge in [-0.2, -0.15) is 0 Å². The van der Waals surface area contributed by atoms with Gasteiger partial charge in [0, 0.05) is 19.0 Å². The number of imide groups is 1. The molecule has 0 aromatic carbocycles. The summed E-state index contributed by atoms with van der Waals surface area (Å²) in [6.07, 6.45) is 4.05. The smallest absolute Gasteiger partial charge is 0.322 e. The lowest BCUT2D eigenvalue weighted by molar-refractivity contribution is -0.126. The Labute approximate surface area is 141 Å². The number of unbranched alkanes of at least 4 members (excludes halogenated alkanes) is 1. The van der Waals surface area contributed by atoms with Gasteiger partial charge in [0.2, 0.25) is 0 Å². The Bertz CT molecular complexity index is 617. The van der Waals surface area contributed by atoms with Crippen LogP contribution in [-0.2, 0) is 17.9 Å². The number of hydrogen-bond donors (Lipinski definition) is 2. The van der Waals surface area contributed by atoms with Gasteiger partial charge in [-0.05, 0) is 43.2 Å². The van der Waals surface area contributed by atoms with Gasteiger partial charge in [0.05, 0.1) is 6.54 Å². The fourth-order valence-corrected chi connectivity index (χ4v) is 3.53. The average Bonchev–Trinajstić information content (AvgIpc) is 3.10. The first kappa shape index (κ1) is 16.8. The Balaban J connectivity index is 1.65. The third-order valence-corrected chi connectivity index (χ3v) is 5.09. The Morgan fingerprint density at radius 1 is 1.38 bits per heavy atom. The van der Waals surface area contributed by atoms with Crippen molar-refractivity contribution in [1.29, 1.82) is 0 Å². The molecule has 3 amide bonds. The predicted molar refractivity (Wildman–Crippen MR) is 85.8 cm³/mol. The van der Waals surface area contributed by atoms with Crippen molar-refractivity contribution in [3.63, 3.8) is 0 Å². The predicted octanol–water partition coefficient (Wildman–Crippen LogP) is 0.283. The first-order valence-corrected chi connectivity index (χ1v) is 8.64. The van der Waals surface area contributed by atoms with Gasteiger partial charge in [0.25, 0.3) is 5.91 Å². The van der Waals surface area contributed by atoms with E-state index in [1.165, 1.54) is 0 Å². The van der Waals surface area contributed by atoms with Crippen LogP contribution in [0, 0.1) is 5.92 Å². The first-order chi connectivity index (χ1) is 11.5. The summed E-state index contributed by atoms with van der Waals surface area (Å²) in [6, 6.07) is -0.400. The monoisotopic (exact) mass is 335 g/mol. The summed E-state index contributed by atoms with van der Waals surface area (Å²) in [4.78, 5) is 25.9. The van der Waals surface area contributed by atoms with E-state index in [0.717, 1.165) is 51.1 Å². The molecule has 2 aliphatic rings. The second-order valence-electron chi connectivity index (χ2n) is 6.86. The van der Waals surface area contributed by atoms with Gasteiger partial charge in [-0.1, -0.05) is 13.3 Å². The minimum absolute atomic E-state index is 0.0812. The van der Waals surface area contributed by atoms with E-state index < -0.39 is 11.6 Å². The topological polar surface area (TPSA) is 105 Å². The first-order valence-electron chi connectivity index (χ1n) is 8.64. The van der Waals surface area contributed by atoms with Crippen LogP contribution < -0.4 is 10.6 Å². The second-order valence-corrected chi connectivity index (χ2v) is 6.86. The van der Waals surface area contributed by atoms with E-state index in [2.05, 4.69) is 38.0 Å². The van der Waals surface area contributed by atoms with E-state index in [4.69, 9.17) is 0 Å². The molecule has 3 heterocycles. The zero-order valence-corrected chi connectivity index (χ0v) is 14.3. The molecule has 0 saturated carbocycles. The molecule has 1 aromatic rings. The van der Waals surface area contributed by atoms with E-state index in [1.54, 1.807) is 0 Å². The minimum atomic E-state index is -0.829. The molecule has 2 N–H and O–H groups in total. The summed E-state index contributed by atoms with van der Waals surface area (Å²) in [5.74, 6) is 0.707. The molecule has 2 atom stereocenters. The Hall–Kier alpha value is -2.03. The van der Waals surface area contributed by atoms with Crippen LogP contribution in [0.3, 0.4) is 0 Å². The Kier molecular flexibility index (Phi) is 4.79. The Morgan fingerprint density at radius 2 is 2.21 bits per heavy atom. The number of carbonyl (C=O) groups is 2. The molecular formula is C15H25N7O2. The van der Waals surface area contributed by atoms with Gasteiger partial charge in [0.1, 0.15) is 5.54 Å². The van der Waals surface area contributed by atoms with E-state index in [1.807, 2.05) is 11.6 Å². The molecule has 9 heteroatoms. The summed E-state index contributed by atoms with van der Waals surface area (Å²) in [7, 11) is 0. The number of carbonyl (C=O) groups excluding carboxylic acids is 2. The lowest BCUT2D eigenvalue weighted by atomic mass is 9.80. The zero-order chi connectivity index (χ0) is 17.2. The van der Waals surface area contributed by atoms with Crippen LogP contribution in [0.25, 0.3) is 0 Å². The second kappa shape index (κ2) is 6.84. The molecular weight excluding hydrogens is 310 g/mol. The molecule has 0 aliphatic carbocycles. The number of nitrogens with one attached hydrogen (secondary N) is 2. The number of likely N-dealkylation sites (tertiary alicyclic amines) is 1. The molecule has 9 nitrogen and oxygen atoms in total. The number of amides is 3. The van der Waals surface area contributed by atoms with Gasteiger partial charge in [-0.25, -0.2) is 9.48 Å². The van der Waals surface area contributed by atoms with Crippen molar-refractivity contribution in [2.24, 2.45) is 5.92 Å². The number of nitrogens with zero attached hydrogens (tertiary/aromatic N) is 5. The number of aryl methyl sites for hydroxylation is 1. The molecule has 2 unspecified atom stereocenters. The highest BCUT2D eigenvalue weighted by atomic mass is 16.2. The lowest BCUT2D eigenvalue weighted by Gasteiger charge is -2.39. The summed E-state index contributed by atoms with van der Waals surface area (Å²) in [5, 5.41) is 17.1. The fourth-order valence-electron chi connectivity index (χ4n) is 3.53. The fraction of sp³-hybridized carbons (Fsp3) is 0.800. The van der Waals surface area contributed by atoms with E-state index in [9.17, 15) is 9.59 Å². The quantitative estimate of drug-likeness (QED) is 0.724. The number of rotatable bonds is 6. The van der Waals surface area contributed by atoms with Crippen LogP contribution >= 0.6 is 0 Å². The van der Waals surface area contributed by atoms with Crippen molar-refractivity contribution in [3.8, 4) is 0 Å². The van der Waals surface area contributed by atoms with Crippen molar-refractivity contribution >= 4 is 11.9 Å². The van der Waals surface area contributed by atoms with Crippen LogP contribution in [0.1, 0.15) is 45.4 Å². The van der Waals surface area contributed by atoms with Crippen molar-refractivity contribution in [3.05, 3.63) is 5.82 Å². The van der Waals surface area contributed by atoms with Crippen molar-refractivity contribution < 1.29 is 9.59 Å². The summed E-state index contributed by atoms with van der Waals surface area (Å²) < 4.78 is 1.86. The maximum atomic E-state index is 12.2. The number of hydrogen-bond acceptors (Lipinski definition) is 6. The van der Waals surface area contributed by atoms with Gasteiger partial charge >= 0.3 is 6.03 Å². The maximum Gasteiger partial charge on any atom is 0.322 e. The van der Waals surface area contributed by atoms with Gasteiger partial charge < -0.3 is 5.32 Å². The van der Waals surface area contributed by atoms with E-state index >= 15 is 0 Å². The molecule has 1 aromatic heterocycles. The third kappa shape index (κ3) is 3.26. The zero-order valence-electron chi connectivity index (χ0n) is 14.3. The highest BCUT2D eigenvalue weighted by molar-refractivity contribution is 6.06. The molecule has 2 saturated heterocycles. The summed E-state index contributed by atoms with van der Waals surface area (Å²) in [6.45, 7) is 7.13. The van der Waals surface area contributed by atoms with Crippen LogP contribution in [-0.4, -0.2) is 55.7 Å². The third-order valence-electron chi connectivity index (χ3n) is 5.09. The summed E-state index contributed by atoms with van der Waals surface area (Å²) in [5.41, 5.74) is -0.829. The number of aromatic nitrogens is 4. The van der Waals surface area contributed by atoms with Gasteiger partial charge in [0.15, 0.2) is 5.82 Å². The largest absolute Gasteiger partial charge is 0.323 e. The number of urea groups is 1. The Morgan fingerprint density at radius 3 is 2.92 bits per heavy atom. The van der Waals surface area contributed by atoms with E-state index in [0.29, 0.717) is 6.54 Å². The molecule has 2 fully saturated rings. The molecule has 132 valence electrons. The summed E-state index contributed by atoms with van der Waals surface area (Å²) >= 11 is 0. The van der Waals surface area contributed by atoms with Crippen LogP contribution in [0.4, 0.5) is 4.79 Å². The normalized spacial score (nSPS) is 28.0. The lowest BCUT2D eigenvalue weighted by Crippen LogP contribution is -2.55. The maximum absolute atomic E-state index is 12.2. The SMILES string of the molecule is CCCCn1nnnc1CN1CCCC(C2(C)NC(=O)NC2=O)C1. The molecule has 2 aliphatic heterocycles. The average molecular weight is 335 g/mol. The van der Waals surface area contributed by atoms with Crippen LogP contribution in [0.2, 0.25) is 0 Å². The van der Waals surface area contributed by atoms with Crippen LogP contribution in [0.15, 0.2) is 0 Å². The highest BCUT2D eigenvalue weighted by Gasteiger charge is 2.48. The van der Waals surface area contributed by atoms with Crippen LogP contribution in [0.5, 0.6) is 0 Å². The van der Waals surface area contributed by atoms with Crippen molar-refractivity contribution in [1.82, 2.24) is 35.7 Å². The van der Waals surface area contributed by atoms with Crippen molar-refractivity contribution in [2.75, 3.05) is 13.1 Å². The number of piperidine rings is 1. The molecule has 3 rings (SSSR count).